The third-order valence-electron chi connectivity index (χ3n) is 5.72. The Hall–Kier alpha value is -3.13. The maximum atomic E-state index is 11.3. The molecule has 0 aromatic heterocycles. The van der Waals surface area contributed by atoms with E-state index in [4.69, 9.17) is 14.8 Å². The number of nitrogens with one attached hydrogen (secondary N) is 2. The first-order valence-electron chi connectivity index (χ1n) is 10.3. The summed E-state index contributed by atoms with van der Waals surface area (Å²) < 4.78 is 6.50. The van der Waals surface area contributed by atoms with Gasteiger partial charge in [-0.05, 0) is 35.4 Å². The number of carbonyl (C=O) groups excluding carboxylic acids is 1. The van der Waals surface area contributed by atoms with Crippen molar-refractivity contribution in [3.63, 3.8) is 0 Å². The first-order chi connectivity index (χ1) is 15.1. The molecule has 162 valence electrons. The third kappa shape index (κ3) is 4.96. The minimum Gasteiger partial charge on any atom is -0.482 e. The summed E-state index contributed by atoms with van der Waals surface area (Å²) in [4.78, 5) is 18.9. The van der Waals surface area contributed by atoms with Crippen LogP contribution in [0, 0.1) is 0 Å². The summed E-state index contributed by atoms with van der Waals surface area (Å²) in [7, 11) is 1.58. The number of amides is 1. The fourth-order valence-electron chi connectivity index (χ4n) is 4.12. The fraction of sp³-hybridized carbons (Fsp3) is 0.292. The number of nitrogens with zero attached hydrogens (tertiary/aromatic N) is 1. The minimum atomic E-state index is -0.582. The monoisotopic (exact) mass is 421 g/mol. The number of likely N-dealkylation sites (tertiary alicyclic amines) is 1. The predicted octanol–water partition coefficient (Wildman–Crippen LogP) is 3.12. The largest absolute Gasteiger partial charge is 0.482 e. The van der Waals surface area contributed by atoms with Gasteiger partial charge >= 0.3 is 0 Å². The lowest BCUT2D eigenvalue weighted by Gasteiger charge is -2.43. The molecule has 3 N–H and O–H groups in total. The number of hydrogen-bond acceptors (Lipinski definition) is 6. The Balaban J connectivity index is 1.51. The maximum Gasteiger partial charge on any atom is 0.267 e. The summed E-state index contributed by atoms with van der Waals surface area (Å²) in [5.74, 6) is 0.197. The van der Waals surface area contributed by atoms with Crippen molar-refractivity contribution in [2.24, 2.45) is 0 Å². The van der Waals surface area contributed by atoms with Gasteiger partial charge in [0.2, 0.25) is 0 Å². The first-order valence-corrected chi connectivity index (χ1v) is 10.3. The lowest BCUT2D eigenvalue weighted by Crippen LogP contribution is -2.48. The zero-order chi connectivity index (χ0) is 21.7. The van der Waals surface area contributed by atoms with E-state index >= 15 is 0 Å². The van der Waals surface area contributed by atoms with E-state index in [1.54, 1.807) is 18.7 Å². The molecule has 1 spiro atoms. The minimum absolute atomic E-state index is 0.380. The molecule has 0 unspecified atom stereocenters. The summed E-state index contributed by atoms with van der Waals surface area (Å²) in [5.41, 5.74) is 8.04. The van der Waals surface area contributed by atoms with Crippen molar-refractivity contribution < 1.29 is 19.6 Å². The van der Waals surface area contributed by atoms with Gasteiger partial charge in [-0.1, -0.05) is 36.4 Å². The number of benzene rings is 2. The summed E-state index contributed by atoms with van der Waals surface area (Å²) >= 11 is 0. The van der Waals surface area contributed by atoms with Crippen molar-refractivity contribution in [3.8, 4) is 5.75 Å². The van der Waals surface area contributed by atoms with E-state index in [1.807, 2.05) is 24.3 Å². The van der Waals surface area contributed by atoms with Gasteiger partial charge in [-0.25, -0.2) is 5.48 Å². The molecule has 7 heteroatoms. The summed E-state index contributed by atoms with van der Waals surface area (Å²) in [6.07, 6.45) is 6.77. The molecule has 31 heavy (non-hydrogen) atoms. The SMILES string of the molecule is CONC1=CC2(CCN(Cc3ccccc3)CC2)Oc2ccc(C=CC(=O)NO)cc21. The van der Waals surface area contributed by atoms with Crippen LogP contribution >= 0.6 is 0 Å². The summed E-state index contributed by atoms with van der Waals surface area (Å²) in [5, 5.41) is 8.65. The fourth-order valence-corrected chi connectivity index (χ4v) is 4.12. The van der Waals surface area contributed by atoms with Gasteiger partial charge in [0.15, 0.2) is 0 Å². The average Bonchev–Trinajstić information content (AvgIpc) is 2.80. The van der Waals surface area contributed by atoms with E-state index < -0.39 is 5.91 Å². The quantitative estimate of drug-likeness (QED) is 0.378. The number of carbonyl (C=O) groups is 1. The van der Waals surface area contributed by atoms with Gasteiger partial charge in [0.1, 0.15) is 11.4 Å². The van der Waals surface area contributed by atoms with Crippen molar-refractivity contribution in [1.82, 2.24) is 15.9 Å². The Bertz CT molecular complexity index is 980. The van der Waals surface area contributed by atoms with Gasteiger partial charge in [-0.2, -0.15) is 0 Å². The molecule has 0 saturated carbocycles. The Morgan fingerprint density at radius 3 is 2.71 bits per heavy atom. The molecule has 2 aromatic carbocycles. The highest BCUT2D eigenvalue weighted by Gasteiger charge is 2.39. The van der Waals surface area contributed by atoms with Crippen LogP contribution in [0.15, 0.2) is 60.7 Å². The second-order valence-electron chi connectivity index (χ2n) is 7.86. The van der Waals surface area contributed by atoms with E-state index in [9.17, 15) is 4.79 Å². The van der Waals surface area contributed by atoms with Crippen molar-refractivity contribution in [2.75, 3.05) is 20.2 Å². The molecule has 2 aliphatic rings. The van der Waals surface area contributed by atoms with Gasteiger partial charge in [-0.3, -0.25) is 25.2 Å². The summed E-state index contributed by atoms with van der Waals surface area (Å²) in [6.45, 7) is 2.83. The van der Waals surface area contributed by atoms with Gasteiger partial charge in [0.25, 0.3) is 5.91 Å². The van der Waals surface area contributed by atoms with Crippen molar-refractivity contribution >= 4 is 17.7 Å². The lowest BCUT2D eigenvalue weighted by atomic mass is 9.86. The van der Waals surface area contributed by atoms with E-state index in [0.717, 1.165) is 55.0 Å². The molecule has 0 bridgehead atoms. The number of piperidine rings is 1. The smallest absolute Gasteiger partial charge is 0.267 e. The molecular formula is C24H27N3O4. The molecule has 0 aliphatic carbocycles. The zero-order valence-corrected chi connectivity index (χ0v) is 17.5. The van der Waals surface area contributed by atoms with Crippen LogP contribution in [0.25, 0.3) is 11.8 Å². The molecule has 1 amide bonds. The van der Waals surface area contributed by atoms with Crippen LogP contribution in [0.1, 0.15) is 29.5 Å². The van der Waals surface area contributed by atoms with Crippen molar-refractivity contribution in [2.45, 2.75) is 25.0 Å². The van der Waals surface area contributed by atoms with Gasteiger partial charge < -0.3 is 4.74 Å². The molecular weight excluding hydrogens is 394 g/mol. The Kier molecular flexibility index (Phi) is 6.36. The topological polar surface area (TPSA) is 83.1 Å². The van der Waals surface area contributed by atoms with E-state index in [2.05, 4.69) is 40.7 Å². The van der Waals surface area contributed by atoms with Crippen LogP contribution < -0.4 is 15.7 Å². The van der Waals surface area contributed by atoms with Gasteiger partial charge in [0.05, 0.1) is 12.8 Å². The highest BCUT2D eigenvalue weighted by atomic mass is 16.6. The van der Waals surface area contributed by atoms with Crippen LogP contribution in [0.4, 0.5) is 0 Å². The van der Waals surface area contributed by atoms with Crippen molar-refractivity contribution in [3.05, 3.63) is 77.4 Å². The molecule has 7 nitrogen and oxygen atoms in total. The number of ether oxygens (including phenoxy) is 1. The molecule has 2 heterocycles. The highest BCUT2D eigenvalue weighted by Crippen LogP contribution is 2.40. The van der Waals surface area contributed by atoms with Crippen LogP contribution in [0.2, 0.25) is 0 Å². The zero-order valence-electron chi connectivity index (χ0n) is 17.5. The molecule has 2 aromatic rings. The van der Waals surface area contributed by atoms with Gasteiger partial charge in [0, 0.05) is 44.1 Å². The van der Waals surface area contributed by atoms with E-state index in [1.165, 1.54) is 11.6 Å². The van der Waals surface area contributed by atoms with Gasteiger partial charge in [-0.15, -0.1) is 0 Å². The normalized spacial score (nSPS) is 17.7. The second kappa shape index (κ2) is 9.34. The number of hydrogen-bond donors (Lipinski definition) is 3. The summed E-state index contributed by atoms with van der Waals surface area (Å²) in [6, 6.07) is 16.2. The van der Waals surface area contributed by atoms with E-state index in [-0.39, 0.29) is 5.60 Å². The van der Waals surface area contributed by atoms with E-state index in [0.29, 0.717) is 0 Å². The maximum absolute atomic E-state index is 11.3. The first kappa shape index (κ1) is 21.1. The molecule has 0 atom stereocenters. The van der Waals surface area contributed by atoms with Crippen molar-refractivity contribution in [1.29, 1.82) is 0 Å². The number of hydroxylamine groups is 2. The third-order valence-corrected chi connectivity index (χ3v) is 5.72. The molecule has 0 radical (unpaired) electrons. The van der Waals surface area contributed by atoms with Crippen LogP contribution in [0.5, 0.6) is 5.75 Å². The Morgan fingerprint density at radius 1 is 1.23 bits per heavy atom. The molecule has 1 fully saturated rings. The standard InChI is InChI=1S/C24H27N3O4/c1-30-26-21-16-24(11-13-27(14-12-24)17-19-5-3-2-4-6-19)31-22-9-7-18(15-20(21)22)8-10-23(28)25-29/h2-10,15-16,26,29H,11-14,17H2,1H3,(H,25,28). The number of fused-ring (bicyclic) bond motifs is 1. The molecule has 2 aliphatic heterocycles. The molecule has 1 saturated heterocycles. The Morgan fingerprint density at radius 2 is 2.00 bits per heavy atom. The highest BCUT2D eigenvalue weighted by molar-refractivity contribution is 5.91. The predicted molar refractivity (Wildman–Crippen MR) is 118 cm³/mol. The lowest BCUT2D eigenvalue weighted by molar-refractivity contribution is -0.124. The van der Waals surface area contributed by atoms with Crippen LogP contribution in [0.3, 0.4) is 0 Å². The van der Waals surface area contributed by atoms with Crippen LogP contribution in [-0.4, -0.2) is 41.8 Å². The Labute approximate surface area is 181 Å². The number of rotatable bonds is 6. The average molecular weight is 421 g/mol. The second-order valence-corrected chi connectivity index (χ2v) is 7.86. The molecule has 4 rings (SSSR count). The van der Waals surface area contributed by atoms with Crippen LogP contribution in [-0.2, 0) is 16.2 Å².